The van der Waals surface area contributed by atoms with Crippen LogP contribution in [0.2, 0.25) is 0 Å². The summed E-state index contributed by atoms with van der Waals surface area (Å²) in [5.41, 5.74) is 3.58. The summed E-state index contributed by atoms with van der Waals surface area (Å²) in [5.74, 6) is -1.81. The lowest BCUT2D eigenvalue weighted by molar-refractivity contribution is -0.110. The van der Waals surface area contributed by atoms with Gasteiger partial charge < -0.3 is 15.4 Å². The number of hydrogen-bond donors (Lipinski definition) is 2. The van der Waals surface area contributed by atoms with Crippen molar-refractivity contribution < 1.29 is 18.8 Å². The quantitative estimate of drug-likeness (QED) is 0.618. The number of anilines is 1. The predicted molar refractivity (Wildman–Crippen MR) is 88.8 cm³/mol. The zero-order valence-electron chi connectivity index (χ0n) is 13.4. The van der Waals surface area contributed by atoms with Crippen LogP contribution in [-0.4, -0.2) is 35.3 Å². The summed E-state index contributed by atoms with van der Waals surface area (Å²) in [6, 6.07) is 5.08. The van der Waals surface area contributed by atoms with Crippen molar-refractivity contribution in [3.8, 4) is 11.1 Å². The summed E-state index contributed by atoms with van der Waals surface area (Å²) in [4.78, 5) is 14.1. The molecule has 0 spiro atoms. The van der Waals surface area contributed by atoms with Gasteiger partial charge in [0.1, 0.15) is 11.6 Å². The molecule has 0 atom stereocenters. The number of hydrogen-bond acceptors (Lipinski definition) is 4. The Morgan fingerprint density at radius 2 is 1.96 bits per heavy atom. The molecule has 2 aliphatic heterocycles. The zero-order chi connectivity index (χ0) is 17.7. The van der Waals surface area contributed by atoms with Crippen molar-refractivity contribution in [2.45, 2.75) is 13.0 Å². The highest BCUT2D eigenvalue weighted by atomic mass is 19.1. The topological polar surface area (TPSA) is 64.9 Å². The van der Waals surface area contributed by atoms with Crippen molar-refractivity contribution in [2.24, 2.45) is 5.16 Å². The van der Waals surface area contributed by atoms with Crippen molar-refractivity contribution in [1.82, 2.24) is 4.90 Å². The molecule has 0 bridgehead atoms. The minimum absolute atomic E-state index is 0.102. The first-order valence-electron chi connectivity index (χ1n) is 7.86. The Balaban J connectivity index is 2.01. The smallest absolute Gasteiger partial charge is 0.278 e. The second-order valence-corrected chi connectivity index (χ2v) is 6.32. The number of halogens is 2. The first-order chi connectivity index (χ1) is 12.0. The van der Waals surface area contributed by atoms with Gasteiger partial charge >= 0.3 is 0 Å². The van der Waals surface area contributed by atoms with Crippen LogP contribution in [-0.2, 0) is 17.8 Å². The van der Waals surface area contributed by atoms with Crippen LogP contribution in [0.4, 0.5) is 14.5 Å². The van der Waals surface area contributed by atoms with E-state index in [-0.39, 0.29) is 11.3 Å². The molecule has 0 saturated carbocycles. The molecule has 0 radical (unpaired) electrons. The molecular formula is C18H15F2N3O2. The third-order valence-corrected chi connectivity index (χ3v) is 4.75. The Bertz CT molecular complexity index is 940. The van der Waals surface area contributed by atoms with E-state index in [9.17, 15) is 18.8 Å². The van der Waals surface area contributed by atoms with Crippen LogP contribution >= 0.6 is 0 Å². The fraction of sp³-hybridized carbons (Fsp3) is 0.222. The van der Waals surface area contributed by atoms with Crippen LogP contribution < -0.4 is 5.32 Å². The van der Waals surface area contributed by atoms with Crippen LogP contribution in [0, 0.1) is 11.6 Å². The average molecular weight is 343 g/mol. The number of carbonyl (C=O) groups is 1. The molecule has 4 rings (SSSR count). The summed E-state index contributed by atoms with van der Waals surface area (Å²) >= 11 is 0. The van der Waals surface area contributed by atoms with Crippen LogP contribution in [0.5, 0.6) is 0 Å². The molecular weight excluding hydrogens is 328 g/mol. The average Bonchev–Trinajstić information content (AvgIpc) is 2.89. The van der Waals surface area contributed by atoms with Gasteiger partial charge in [-0.1, -0.05) is 5.16 Å². The summed E-state index contributed by atoms with van der Waals surface area (Å²) in [7, 11) is 1.96. The lowest BCUT2D eigenvalue weighted by Gasteiger charge is -2.29. The van der Waals surface area contributed by atoms with E-state index in [2.05, 4.69) is 15.4 Å². The molecule has 1 amide bonds. The number of fused-ring (bicyclic) bond motifs is 3. The predicted octanol–water partition coefficient (Wildman–Crippen LogP) is 2.75. The minimum Gasteiger partial charge on any atom is -0.410 e. The first-order valence-corrected chi connectivity index (χ1v) is 7.86. The molecule has 25 heavy (non-hydrogen) atoms. The number of oxime groups is 1. The molecule has 0 unspecified atom stereocenters. The maximum absolute atomic E-state index is 14.4. The highest BCUT2D eigenvalue weighted by Crippen LogP contribution is 2.40. The maximum Gasteiger partial charge on any atom is 0.278 e. The fourth-order valence-electron chi connectivity index (χ4n) is 3.56. The van der Waals surface area contributed by atoms with Crippen molar-refractivity contribution in [1.29, 1.82) is 0 Å². The molecule has 0 aliphatic carbocycles. The third kappa shape index (κ3) is 2.39. The number of amides is 1. The first kappa shape index (κ1) is 15.7. The Hall–Kier alpha value is -2.80. The largest absolute Gasteiger partial charge is 0.410 e. The van der Waals surface area contributed by atoms with Gasteiger partial charge in [0.2, 0.25) is 0 Å². The van der Waals surface area contributed by atoms with E-state index in [0.717, 1.165) is 23.7 Å². The maximum atomic E-state index is 14.4. The minimum atomic E-state index is -0.666. The van der Waals surface area contributed by atoms with Gasteiger partial charge in [-0.25, -0.2) is 8.78 Å². The SMILES string of the molecule is CN1CCc2c(-c3ccc(F)cc3F)cc3c(c2C1)NC(=O)/C3=N/O. The monoisotopic (exact) mass is 343 g/mol. The Morgan fingerprint density at radius 3 is 2.68 bits per heavy atom. The summed E-state index contributed by atoms with van der Waals surface area (Å²) in [6.45, 7) is 1.36. The molecule has 0 fully saturated rings. The number of carbonyl (C=O) groups excluding carboxylic acids is 1. The number of nitrogens with zero attached hydrogens (tertiary/aromatic N) is 2. The van der Waals surface area contributed by atoms with E-state index < -0.39 is 17.5 Å². The van der Waals surface area contributed by atoms with Crippen LogP contribution in [0.25, 0.3) is 11.1 Å². The van der Waals surface area contributed by atoms with E-state index >= 15 is 0 Å². The van der Waals surface area contributed by atoms with E-state index in [1.165, 1.54) is 12.1 Å². The van der Waals surface area contributed by atoms with Gasteiger partial charge in [0.15, 0.2) is 5.71 Å². The molecule has 0 aromatic heterocycles. The number of likely N-dealkylation sites (N-methyl/N-ethyl adjacent to an activating group) is 1. The van der Waals surface area contributed by atoms with Gasteiger partial charge in [-0.2, -0.15) is 0 Å². The summed E-state index contributed by atoms with van der Waals surface area (Å²) in [5, 5.41) is 15.0. The van der Waals surface area contributed by atoms with Gasteiger partial charge in [-0.15, -0.1) is 0 Å². The number of nitrogens with one attached hydrogen (secondary N) is 1. The van der Waals surface area contributed by atoms with Gasteiger partial charge in [-0.05, 0) is 48.4 Å². The van der Waals surface area contributed by atoms with Crippen molar-refractivity contribution in [3.63, 3.8) is 0 Å². The zero-order valence-corrected chi connectivity index (χ0v) is 13.4. The van der Waals surface area contributed by atoms with Gasteiger partial charge in [0.25, 0.3) is 5.91 Å². The van der Waals surface area contributed by atoms with Crippen molar-refractivity contribution in [3.05, 3.63) is 52.6 Å². The van der Waals surface area contributed by atoms with Gasteiger partial charge in [0, 0.05) is 30.3 Å². The van der Waals surface area contributed by atoms with Crippen molar-refractivity contribution in [2.75, 3.05) is 18.9 Å². The Kier molecular flexibility index (Phi) is 3.54. The highest BCUT2D eigenvalue weighted by Gasteiger charge is 2.33. The van der Waals surface area contributed by atoms with E-state index in [4.69, 9.17) is 0 Å². The Labute approximate surface area is 142 Å². The molecule has 2 heterocycles. The molecule has 2 N–H and O–H groups in total. The van der Waals surface area contributed by atoms with Crippen LogP contribution in [0.3, 0.4) is 0 Å². The van der Waals surface area contributed by atoms with Gasteiger partial charge in [0.05, 0.1) is 5.69 Å². The molecule has 5 nitrogen and oxygen atoms in total. The number of rotatable bonds is 1. The number of benzene rings is 2. The molecule has 2 aromatic carbocycles. The molecule has 7 heteroatoms. The van der Waals surface area contributed by atoms with E-state index in [1.807, 2.05) is 7.05 Å². The standard InChI is InChI=1S/C18H15F2N3O2/c1-23-5-4-10-12(11-3-2-9(19)6-15(11)20)7-13-16(14(10)8-23)21-18(24)17(13)22-25/h2-3,6-7,25H,4-5,8H2,1H3,(H,21,22,24). The molecule has 128 valence electrons. The van der Waals surface area contributed by atoms with E-state index in [0.29, 0.717) is 29.8 Å². The fourth-order valence-corrected chi connectivity index (χ4v) is 3.56. The normalized spacial score (nSPS) is 18.2. The Morgan fingerprint density at radius 1 is 1.16 bits per heavy atom. The van der Waals surface area contributed by atoms with Crippen LogP contribution in [0.1, 0.15) is 16.7 Å². The summed E-state index contributed by atoms with van der Waals surface area (Å²) < 4.78 is 27.7. The molecule has 2 aromatic rings. The molecule has 2 aliphatic rings. The lowest BCUT2D eigenvalue weighted by atomic mass is 9.87. The lowest BCUT2D eigenvalue weighted by Crippen LogP contribution is -2.28. The molecule has 0 saturated heterocycles. The summed E-state index contributed by atoms with van der Waals surface area (Å²) in [6.07, 6.45) is 0.673. The van der Waals surface area contributed by atoms with Crippen molar-refractivity contribution >= 4 is 17.3 Å². The van der Waals surface area contributed by atoms with Crippen LogP contribution in [0.15, 0.2) is 29.4 Å². The second kappa shape index (κ2) is 5.63. The van der Waals surface area contributed by atoms with E-state index in [1.54, 1.807) is 6.07 Å². The third-order valence-electron chi connectivity index (χ3n) is 4.75. The van der Waals surface area contributed by atoms with Gasteiger partial charge in [-0.3, -0.25) is 4.79 Å². The second-order valence-electron chi connectivity index (χ2n) is 6.32. The highest BCUT2D eigenvalue weighted by molar-refractivity contribution is 6.54.